The SMILES string of the molecule is CC/C=C\C/C=C\C/C=C\C/C=C\C/C=C\C/C=C\C/C=C\C/C=C\C/C=C\C/C=C\CCCCCCCCC(=O)NC(CO)C(O)CCCCCCCCCCCCC. The number of hydrogen-bond acceptors (Lipinski definition) is 3. The minimum absolute atomic E-state index is 0.0530. The molecule has 2 unspecified atom stereocenters. The van der Waals surface area contributed by atoms with Crippen LogP contribution in [0.15, 0.2) is 122 Å². The molecule has 0 aliphatic heterocycles. The van der Waals surface area contributed by atoms with Crippen LogP contribution in [0.5, 0.6) is 0 Å². The Balaban J connectivity index is 3.65. The van der Waals surface area contributed by atoms with Gasteiger partial charge < -0.3 is 15.5 Å². The summed E-state index contributed by atoms with van der Waals surface area (Å²) in [5.74, 6) is -0.0530. The van der Waals surface area contributed by atoms with Gasteiger partial charge in [0.05, 0.1) is 18.8 Å². The van der Waals surface area contributed by atoms with Gasteiger partial charge in [0, 0.05) is 6.42 Å². The van der Waals surface area contributed by atoms with Crippen molar-refractivity contribution in [2.24, 2.45) is 0 Å². The molecule has 340 valence electrons. The van der Waals surface area contributed by atoms with Crippen molar-refractivity contribution in [3.8, 4) is 0 Å². The highest BCUT2D eigenvalue weighted by Gasteiger charge is 2.20. The van der Waals surface area contributed by atoms with E-state index in [1.807, 2.05) is 0 Å². The average Bonchev–Trinajstić information content (AvgIpc) is 3.25. The fourth-order valence-corrected chi connectivity index (χ4v) is 6.74. The molecule has 4 nitrogen and oxygen atoms in total. The fraction of sp³-hybridized carbons (Fsp3) is 0.625. The van der Waals surface area contributed by atoms with Crippen molar-refractivity contribution in [1.29, 1.82) is 0 Å². The largest absolute Gasteiger partial charge is 0.394 e. The Bertz CT molecular complexity index is 1210. The average molecular weight is 828 g/mol. The fourth-order valence-electron chi connectivity index (χ4n) is 6.74. The smallest absolute Gasteiger partial charge is 0.220 e. The van der Waals surface area contributed by atoms with E-state index in [1.54, 1.807) is 0 Å². The Morgan fingerprint density at radius 3 is 1.10 bits per heavy atom. The molecule has 3 N–H and O–H groups in total. The Kier molecular flexibility index (Phi) is 47.5. The van der Waals surface area contributed by atoms with E-state index in [1.165, 1.54) is 77.0 Å². The lowest BCUT2D eigenvalue weighted by Crippen LogP contribution is -2.45. The summed E-state index contributed by atoms with van der Waals surface area (Å²) in [6.07, 6.45) is 77.2. The molecule has 2 atom stereocenters. The first-order valence-electron chi connectivity index (χ1n) is 24.7. The molecular formula is C56H93NO3. The van der Waals surface area contributed by atoms with E-state index >= 15 is 0 Å². The summed E-state index contributed by atoms with van der Waals surface area (Å²) < 4.78 is 0. The summed E-state index contributed by atoms with van der Waals surface area (Å²) in [7, 11) is 0. The molecule has 0 aromatic heterocycles. The van der Waals surface area contributed by atoms with Gasteiger partial charge in [-0.3, -0.25) is 4.79 Å². The van der Waals surface area contributed by atoms with Crippen molar-refractivity contribution in [2.45, 2.75) is 219 Å². The van der Waals surface area contributed by atoms with Crippen molar-refractivity contribution >= 4 is 5.91 Å². The third kappa shape index (κ3) is 45.9. The maximum absolute atomic E-state index is 12.4. The Morgan fingerprint density at radius 1 is 0.417 bits per heavy atom. The highest BCUT2D eigenvalue weighted by molar-refractivity contribution is 5.76. The molecule has 60 heavy (non-hydrogen) atoms. The molecule has 0 heterocycles. The lowest BCUT2D eigenvalue weighted by molar-refractivity contribution is -0.123. The van der Waals surface area contributed by atoms with Gasteiger partial charge in [0.25, 0.3) is 0 Å². The van der Waals surface area contributed by atoms with Crippen molar-refractivity contribution in [2.75, 3.05) is 6.61 Å². The number of allylic oxidation sites excluding steroid dienone is 20. The van der Waals surface area contributed by atoms with Crippen LogP contribution in [0.2, 0.25) is 0 Å². The van der Waals surface area contributed by atoms with E-state index in [0.717, 1.165) is 103 Å². The first-order valence-corrected chi connectivity index (χ1v) is 24.7. The number of carbonyl (C=O) groups excluding carboxylic acids is 1. The van der Waals surface area contributed by atoms with Crippen LogP contribution in [-0.4, -0.2) is 34.9 Å². The third-order valence-electron chi connectivity index (χ3n) is 10.5. The molecule has 0 aliphatic carbocycles. The normalized spacial score (nSPS) is 14.0. The molecule has 0 saturated carbocycles. The quantitative estimate of drug-likeness (QED) is 0.0424. The first kappa shape index (κ1) is 56.8. The second kappa shape index (κ2) is 50.1. The molecule has 4 heteroatoms. The van der Waals surface area contributed by atoms with Gasteiger partial charge in [-0.1, -0.05) is 232 Å². The molecule has 0 aromatic rings. The second-order valence-electron chi connectivity index (χ2n) is 16.2. The molecule has 0 aliphatic rings. The second-order valence-corrected chi connectivity index (χ2v) is 16.2. The Hall–Kier alpha value is -3.21. The van der Waals surface area contributed by atoms with E-state index < -0.39 is 12.1 Å². The molecule has 0 saturated heterocycles. The number of aliphatic hydroxyl groups is 2. The number of hydrogen-bond donors (Lipinski definition) is 3. The van der Waals surface area contributed by atoms with Gasteiger partial charge in [-0.25, -0.2) is 0 Å². The number of nitrogens with one attached hydrogen (secondary N) is 1. The lowest BCUT2D eigenvalue weighted by Gasteiger charge is -2.22. The van der Waals surface area contributed by atoms with E-state index in [4.69, 9.17) is 0 Å². The van der Waals surface area contributed by atoms with Crippen LogP contribution in [0.3, 0.4) is 0 Å². The maximum Gasteiger partial charge on any atom is 0.220 e. The Labute approximate surface area is 371 Å². The summed E-state index contributed by atoms with van der Waals surface area (Å²) >= 11 is 0. The Morgan fingerprint density at radius 2 is 0.733 bits per heavy atom. The van der Waals surface area contributed by atoms with Gasteiger partial charge in [0.2, 0.25) is 5.91 Å². The molecule has 1 amide bonds. The molecule has 0 radical (unpaired) electrons. The van der Waals surface area contributed by atoms with Gasteiger partial charge in [-0.2, -0.15) is 0 Å². The molecule has 0 rings (SSSR count). The zero-order valence-corrected chi connectivity index (χ0v) is 38.9. The van der Waals surface area contributed by atoms with E-state index in [9.17, 15) is 15.0 Å². The summed E-state index contributed by atoms with van der Waals surface area (Å²) in [4.78, 5) is 12.4. The number of unbranched alkanes of at least 4 members (excludes halogenated alkanes) is 16. The highest BCUT2D eigenvalue weighted by Crippen LogP contribution is 2.14. The van der Waals surface area contributed by atoms with Crippen LogP contribution < -0.4 is 5.32 Å². The molecular weight excluding hydrogens is 735 g/mol. The van der Waals surface area contributed by atoms with Gasteiger partial charge in [-0.05, 0) is 89.9 Å². The van der Waals surface area contributed by atoms with Gasteiger partial charge >= 0.3 is 0 Å². The minimum Gasteiger partial charge on any atom is -0.394 e. The predicted molar refractivity (Wildman–Crippen MR) is 266 cm³/mol. The third-order valence-corrected chi connectivity index (χ3v) is 10.5. The number of aliphatic hydroxyl groups excluding tert-OH is 2. The zero-order valence-electron chi connectivity index (χ0n) is 38.9. The first-order chi connectivity index (χ1) is 29.7. The number of rotatable bonds is 43. The van der Waals surface area contributed by atoms with Crippen molar-refractivity contribution in [1.82, 2.24) is 5.32 Å². The van der Waals surface area contributed by atoms with Crippen molar-refractivity contribution < 1.29 is 15.0 Å². The lowest BCUT2D eigenvalue weighted by atomic mass is 10.0. The van der Waals surface area contributed by atoms with Crippen LogP contribution in [0.1, 0.15) is 206 Å². The van der Waals surface area contributed by atoms with Gasteiger partial charge in [0.1, 0.15) is 0 Å². The van der Waals surface area contributed by atoms with Crippen LogP contribution in [0.25, 0.3) is 0 Å². The zero-order chi connectivity index (χ0) is 43.5. The highest BCUT2D eigenvalue weighted by atomic mass is 16.3. The number of carbonyl (C=O) groups is 1. The maximum atomic E-state index is 12.4. The van der Waals surface area contributed by atoms with Gasteiger partial charge in [-0.15, -0.1) is 0 Å². The van der Waals surface area contributed by atoms with E-state index in [2.05, 4.69) is 141 Å². The van der Waals surface area contributed by atoms with Crippen LogP contribution in [0, 0.1) is 0 Å². The number of amides is 1. The molecule has 0 spiro atoms. The van der Waals surface area contributed by atoms with Crippen LogP contribution in [-0.2, 0) is 4.79 Å². The standard InChI is InChI=1S/C56H93NO3/c1-3-5-7-9-11-13-15-16-17-18-19-20-21-22-23-24-25-26-27-28-29-30-31-32-33-34-35-36-37-38-39-40-42-44-46-48-50-52-56(60)57-54(53-58)55(59)51-49-47-45-43-41-14-12-10-8-6-4-2/h5,7,11,13,16-17,19-20,22-23,25-26,28-29,31-32,34-35,37-38,54-55,58-59H,3-4,6,8-10,12,14-15,18,21,24,27,30,33,36,39-53H2,1-2H3,(H,57,60)/b7-5-,13-11-,17-16-,20-19-,23-22-,26-25-,29-28-,32-31-,35-34-,38-37-. The van der Waals surface area contributed by atoms with Crippen molar-refractivity contribution in [3.63, 3.8) is 0 Å². The van der Waals surface area contributed by atoms with Gasteiger partial charge in [0.15, 0.2) is 0 Å². The monoisotopic (exact) mass is 828 g/mol. The van der Waals surface area contributed by atoms with Crippen molar-refractivity contribution in [3.05, 3.63) is 122 Å². The molecule has 0 aromatic carbocycles. The van der Waals surface area contributed by atoms with E-state index in [0.29, 0.717) is 12.8 Å². The van der Waals surface area contributed by atoms with Crippen LogP contribution >= 0.6 is 0 Å². The topological polar surface area (TPSA) is 69.6 Å². The van der Waals surface area contributed by atoms with Crippen LogP contribution in [0.4, 0.5) is 0 Å². The summed E-state index contributed by atoms with van der Waals surface area (Å²) in [5, 5.41) is 23.1. The summed E-state index contributed by atoms with van der Waals surface area (Å²) in [6.45, 7) is 4.21. The molecule has 0 fully saturated rings. The summed E-state index contributed by atoms with van der Waals surface area (Å²) in [5.41, 5.74) is 0. The molecule has 0 bridgehead atoms. The van der Waals surface area contributed by atoms with E-state index in [-0.39, 0.29) is 12.5 Å². The minimum atomic E-state index is -0.672. The predicted octanol–water partition coefficient (Wildman–Crippen LogP) is 16.1. The summed E-state index contributed by atoms with van der Waals surface area (Å²) in [6, 6.07) is -0.551.